The van der Waals surface area contributed by atoms with Crippen molar-refractivity contribution in [3.63, 3.8) is 0 Å². The van der Waals surface area contributed by atoms with Crippen LogP contribution in [0.4, 0.5) is 0 Å². The summed E-state index contributed by atoms with van der Waals surface area (Å²) in [6, 6.07) is 4.43. The molecule has 0 saturated heterocycles. The Labute approximate surface area is 114 Å². The van der Waals surface area contributed by atoms with E-state index in [1.54, 1.807) is 18.9 Å². The monoisotopic (exact) mass is 265 g/mol. The average molecular weight is 265 g/mol. The third kappa shape index (κ3) is 2.39. The third-order valence-electron chi connectivity index (χ3n) is 4.02. The summed E-state index contributed by atoms with van der Waals surface area (Å²) in [5, 5.41) is 0. The highest BCUT2D eigenvalue weighted by Crippen LogP contribution is 2.42. The summed E-state index contributed by atoms with van der Waals surface area (Å²) < 4.78 is 5.52. The standard InChI is InChI=1S/C15H23NOS/c1-4-11-9-14(18-3)12(10-13(11)17-2)15(16)7-5-6-8-15/h9-10H,4-8,16H2,1-3H3. The van der Waals surface area contributed by atoms with E-state index >= 15 is 0 Å². The van der Waals surface area contributed by atoms with Gasteiger partial charge in [0.15, 0.2) is 0 Å². The lowest BCUT2D eigenvalue weighted by Crippen LogP contribution is -2.33. The van der Waals surface area contributed by atoms with Gasteiger partial charge in [0.2, 0.25) is 0 Å². The van der Waals surface area contributed by atoms with Gasteiger partial charge in [-0.05, 0) is 48.8 Å². The summed E-state index contributed by atoms with van der Waals surface area (Å²) >= 11 is 1.79. The molecule has 0 aliphatic heterocycles. The van der Waals surface area contributed by atoms with Gasteiger partial charge in [0.1, 0.15) is 5.75 Å². The van der Waals surface area contributed by atoms with E-state index in [-0.39, 0.29) is 5.54 Å². The number of hydrogen-bond acceptors (Lipinski definition) is 3. The minimum Gasteiger partial charge on any atom is -0.496 e. The molecule has 0 unspecified atom stereocenters. The van der Waals surface area contributed by atoms with Gasteiger partial charge in [-0.3, -0.25) is 0 Å². The van der Waals surface area contributed by atoms with Gasteiger partial charge in [-0.1, -0.05) is 19.8 Å². The van der Waals surface area contributed by atoms with Crippen LogP contribution in [0.2, 0.25) is 0 Å². The van der Waals surface area contributed by atoms with Crippen molar-refractivity contribution < 1.29 is 4.74 Å². The second-order valence-electron chi connectivity index (χ2n) is 5.08. The van der Waals surface area contributed by atoms with Gasteiger partial charge in [-0.25, -0.2) is 0 Å². The summed E-state index contributed by atoms with van der Waals surface area (Å²) in [4.78, 5) is 1.32. The number of benzene rings is 1. The fourth-order valence-corrected chi connectivity index (χ4v) is 3.64. The predicted molar refractivity (Wildman–Crippen MR) is 78.5 cm³/mol. The molecular weight excluding hydrogens is 242 g/mol. The van der Waals surface area contributed by atoms with Crippen LogP contribution in [0, 0.1) is 0 Å². The number of methoxy groups -OCH3 is 1. The smallest absolute Gasteiger partial charge is 0.122 e. The molecule has 1 aromatic carbocycles. The van der Waals surface area contributed by atoms with Crippen molar-refractivity contribution >= 4 is 11.8 Å². The molecule has 1 aromatic rings. The normalized spacial score (nSPS) is 18.0. The maximum Gasteiger partial charge on any atom is 0.122 e. The lowest BCUT2D eigenvalue weighted by Gasteiger charge is -2.28. The van der Waals surface area contributed by atoms with E-state index in [0.29, 0.717) is 0 Å². The van der Waals surface area contributed by atoms with Crippen LogP contribution in [-0.2, 0) is 12.0 Å². The molecule has 3 heteroatoms. The van der Waals surface area contributed by atoms with Crippen LogP contribution in [0.5, 0.6) is 5.75 Å². The van der Waals surface area contributed by atoms with Crippen molar-refractivity contribution in [3.8, 4) is 5.75 Å². The fourth-order valence-electron chi connectivity index (χ4n) is 2.90. The summed E-state index contributed by atoms with van der Waals surface area (Å²) in [5.41, 5.74) is 9.01. The van der Waals surface area contributed by atoms with Gasteiger partial charge in [-0.2, -0.15) is 0 Å². The lowest BCUT2D eigenvalue weighted by atomic mass is 9.88. The summed E-state index contributed by atoms with van der Waals surface area (Å²) in [7, 11) is 1.74. The molecule has 1 aliphatic carbocycles. The molecular formula is C15H23NOS. The zero-order valence-electron chi connectivity index (χ0n) is 11.6. The highest BCUT2D eigenvalue weighted by atomic mass is 32.2. The number of aryl methyl sites for hydroxylation is 1. The SMILES string of the molecule is CCc1cc(SC)c(C2(N)CCCC2)cc1OC. The molecule has 0 spiro atoms. The zero-order valence-corrected chi connectivity index (χ0v) is 12.4. The molecule has 1 aliphatic rings. The Bertz CT molecular complexity index is 425. The molecule has 0 radical (unpaired) electrons. The third-order valence-corrected chi connectivity index (χ3v) is 4.79. The molecule has 0 bridgehead atoms. The summed E-state index contributed by atoms with van der Waals surface area (Å²) in [6.07, 6.45) is 7.78. The molecule has 2 N–H and O–H groups in total. The topological polar surface area (TPSA) is 35.2 Å². The molecule has 2 nitrogen and oxygen atoms in total. The molecule has 0 aromatic heterocycles. The van der Waals surface area contributed by atoms with Crippen LogP contribution in [0.3, 0.4) is 0 Å². The minimum atomic E-state index is -0.141. The number of ether oxygens (including phenoxy) is 1. The van der Waals surface area contributed by atoms with E-state index in [9.17, 15) is 0 Å². The quantitative estimate of drug-likeness (QED) is 0.843. The predicted octanol–water partition coefficient (Wildman–Crippen LogP) is 3.71. The zero-order chi connectivity index (χ0) is 13.2. The Morgan fingerprint density at radius 1 is 1.33 bits per heavy atom. The first-order valence-electron chi connectivity index (χ1n) is 6.69. The van der Waals surface area contributed by atoms with E-state index in [4.69, 9.17) is 10.5 Å². The largest absolute Gasteiger partial charge is 0.496 e. The van der Waals surface area contributed by atoms with Crippen molar-refractivity contribution in [1.29, 1.82) is 0 Å². The van der Waals surface area contributed by atoms with Crippen molar-refractivity contribution in [2.45, 2.75) is 49.5 Å². The first-order valence-corrected chi connectivity index (χ1v) is 7.91. The van der Waals surface area contributed by atoms with E-state index in [2.05, 4.69) is 25.3 Å². The molecule has 100 valence electrons. The van der Waals surface area contributed by atoms with E-state index in [1.807, 2.05) is 0 Å². The minimum absolute atomic E-state index is 0.141. The van der Waals surface area contributed by atoms with Gasteiger partial charge < -0.3 is 10.5 Å². The Morgan fingerprint density at radius 2 is 2.00 bits per heavy atom. The number of hydrogen-bond donors (Lipinski definition) is 1. The van der Waals surface area contributed by atoms with Crippen molar-refractivity contribution in [3.05, 3.63) is 23.3 Å². The molecule has 18 heavy (non-hydrogen) atoms. The second-order valence-corrected chi connectivity index (χ2v) is 5.93. The average Bonchev–Trinajstić information content (AvgIpc) is 2.85. The summed E-state index contributed by atoms with van der Waals surface area (Å²) in [5.74, 6) is 0.988. The highest BCUT2D eigenvalue weighted by molar-refractivity contribution is 7.98. The molecule has 0 heterocycles. The molecule has 0 amide bonds. The maximum absolute atomic E-state index is 6.60. The van der Waals surface area contributed by atoms with E-state index in [0.717, 1.165) is 25.0 Å². The summed E-state index contributed by atoms with van der Waals surface area (Å²) in [6.45, 7) is 2.16. The van der Waals surface area contributed by atoms with Gasteiger partial charge in [-0.15, -0.1) is 11.8 Å². The van der Waals surface area contributed by atoms with Gasteiger partial charge in [0, 0.05) is 10.4 Å². The van der Waals surface area contributed by atoms with Crippen LogP contribution < -0.4 is 10.5 Å². The van der Waals surface area contributed by atoms with Gasteiger partial charge in [0.05, 0.1) is 7.11 Å². The molecule has 2 rings (SSSR count). The van der Waals surface area contributed by atoms with Gasteiger partial charge >= 0.3 is 0 Å². The van der Waals surface area contributed by atoms with Crippen LogP contribution >= 0.6 is 11.8 Å². The van der Waals surface area contributed by atoms with Crippen LogP contribution in [0.15, 0.2) is 17.0 Å². The first kappa shape index (κ1) is 13.8. The Morgan fingerprint density at radius 3 is 2.50 bits per heavy atom. The van der Waals surface area contributed by atoms with Crippen LogP contribution in [0.25, 0.3) is 0 Å². The van der Waals surface area contributed by atoms with Crippen molar-refractivity contribution in [2.75, 3.05) is 13.4 Å². The fraction of sp³-hybridized carbons (Fsp3) is 0.600. The Kier molecular flexibility index (Phi) is 4.23. The van der Waals surface area contributed by atoms with E-state index < -0.39 is 0 Å². The highest BCUT2D eigenvalue weighted by Gasteiger charge is 2.33. The van der Waals surface area contributed by atoms with Crippen molar-refractivity contribution in [2.24, 2.45) is 5.73 Å². The van der Waals surface area contributed by atoms with Crippen LogP contribution in [-0.4, -0.2) is 13.4 Å². The molecule has 1 saturated carbocycles. The van der Waals surface area contributed by atoms with Gasteiger partial charge in [0.25, 0.3) is 0 Å². The number of thioether (sulfide) groups is 1. The Balaban J connectivity index is 2.51. The Hall–Kier alpha value is -0.670. The number of nitrogens with two attached hydrogens (primary N) is 1. The molecule has 0 atom stereocenters. The van der Waals surface area contributed by atoms with Crippen molar-refractivity contribution in [1.82, 2.24) is 0 Å². The number of rotatable bonds is 4. The first-order chi connectivity index (χ1) is 8.64. The van der Waals surface area contributed by atoms with Crippen LogP contribution in [0.1, 0.15) is 43.7 Å². The van der Waals surface area contributed by atoms with E-state index in [1.165, 1.54) is 28.9 Å². The lowest BCUT2D eigenvalue weighted by molar-refractivity contribution is 0.401. The molecule has 1 fully saturated rings. The maximum atomic E-state index is 6.60. The second kappa shape index (κ2) is 5.54.